The zero-order valence-corrected chi connectivity index (χ0v) is 16.2. The Bertz CT molecular complexity index is 1090. The topological polar surface area (TPSA) is 110 Å². The maximum atomic E-state index is 12.4. The molecule has 0 unspecified atom stereocenters. The summed E-state index contributed by atoms with van der Waals surface area (Å²) in [5.74, 6) is -0.168. The molecule has 0 bridgehead atoms. The molecule has 3 rings (SSSR count). The van der Waals surface area contributed by atoms with Gasteiger partial charge in [-0.05, 0) is 25.5 Å². The van der Waals surface area contributed by atoms with Crippen LogP contribution >= 0.6 is 11.8 Å². The van der Waals surface area contributed by atoms with Crippen LogP contribution in [0.25, 0.3) is 0 Å². The lowest BCUT2D eigenvalue weighted by Gasteiger charge is -2.13. The number of aryl methyl sites for hydroxylation is 2. The van der Waals surface area contributed by atoms with Crippen molar-refractivity contribution in [3.63, 3.8) is 0 Å². The third-order valence-electron chi connectivity index (χ3n) is 3.78. The molecule has 1 amide bonds. The summed E-state index contributed by atoms with van der Waals surface area (Å²) >= 11 is 1.19. The van der Waals surface area contributed by atoms with Crippen molar-refractivity contribution in [1.82, 2.24) is 19.5 Å². The number of anilines is 1. The summed E-state index contributed by atoms with van der Waals surface area (Å²) in [5, 5.41) is 3.14. The zero-order valence-electron chi connectivity index (χ0n) is 15.4. The van der Waals surface area contributed by atoms with E-state index in [1.54, 1.807) is 0 Å². The lowest BCUT2D eigenvalue weighted by atomic mass is 10.2. The van der Waals surface area contributed by atoms with E-state index in [0.29, 0.717) is 5.16 Å². The van der Waals surface area contributed by atoms with Gasteiger partial charge in [-0.3, -0.25) is 19.1 Å². The fourth-order valence-electron chi connectivity index (χ4n) is 2.61. The Balaban J connectivity index is 1.76. The number of aromatic nitrogens is 4. The third kappa shape index (κ3) is 5.17. The Labute approximate surface area is 165 Å². The van der Waals surface area contributed by atoms with Crippen LogP contribution in [0.1, 0.15) is 17.0 Å². The van der Waals surface area contributed by atoms with Gasteiger partial charge in [-0.2, -0.15) is 0 Å². The van der Waals surface area contributed by atoms with Gasteiger partial charge in [0.05, 0.1) is 12.3 Å². The van der Waals surface area contributed by atoms with Crippen LogP contribution in [-0.4, -0.2) is 31.2 Å². The summed E-state index contributed by atoms with van der Waals surface area (Å²) in [5.41, 5.74) is 1.35. The standard InChI is InChI=1S/C19H19N5O3S/c1-12-8-13(2)21-18(20-12)28-11-17(26)22-15-9-16(25)23-19(27)24(15)10-14-6-4-3-5-7-14/h3-9H,10-11H2,1-2H3,(H,22,26)(H,23,25,27). The van der Waals surface area contributed by atoms with Gasteiger partial charge in [0.15, 0.2) is 5.16 Å². The predicted octanol–water partition coefficient (Wildman–Crippen LogP) is 1.72. The number of hydrogen-bond acceptors (Lipinski definition) is 6. The minimum Gasteiger partial charge on any atom is -0.311 e. The van der Waals surface area contributed by atoms with E-state index in [2.05, 4.69) is 20.3 Å². The SMILES string of the molecule is Cc1cc(C)nc(SCC(=O)Nc2cc(=O)[nH]c(=O)n2Cc2ccccc2)n1. The summed E-state index contributed by atoms with van der Waals surface area (Å²) in [6, 6.07) is 12.3. The molecule has 2 N–H and O–H groups in total. The molecule has 0 aliphatic carbocycles. The lowest BCUT2D eigenvalue weighted by Crippen LogP contribution is -2.33. The molecular weight excluding hydrogens is 378 g/mol. The number of carbonyl (C=O) groups excluding carboxylic acids is 1. The largest absolute Gasteiger partial charge is 0.330 e. The molecule has 0 saturated carbocycles. The lowest BCUT2D eigenvalue weighted by molar-refractivity contribution is -0.113. The number of thioether (sulfide) groups is 1. The molecule has 0 atom stereocenters. The van der Waals surface area contributed by atoms with Crippen molar-refractivity contribution in [3.8, 4) is 0 Å². The second-order valence-electron chi connectivity index (χ2n) is 6.17. The monoisotopic (exact) mass is 397 g/mol. The number of rotatable bonds is 6. The van der Waals surface area contributed by atoms with Crippen LogP contribution in [0.2, 0.25) is 0 Å². The normalized spacial score (nSPS) is 10.6. The van der Waals surface area contributed by atoms with E-state index in [0.717, 1.165) is 17.0 Å². The Morgan fingerprint density at radius 1 is 1.11 bits per heavy atom. The zero-order chi connectivity index (χ0) is 20.1. The minimum atomic E-state index is -0.586. The molecule has 1 aromatic carbocycles. The molecule has 0 saturated heterocycles. The highest BCUT2D eigenvalue weighted by molar-refractivity contribution is 7.99. The van der Waals surface area contributed by atoms with Crippen LogP contribution in [-0.2, 0) is 11.3 Å². The first-order valence-electron chi connectivity index (χ1n) is 8.54. The summed E-state index contributed by atoms with van der Waals surface area (Å²) in [7, 11) is 0. The Morgan fingerprint density at radius 2 is 1.79 bits per heavy atom. The molecule has 2 aromatic heterocycles. The predicted molar refractivity (Wildman–Crippen MR) is 108 cm³/mol. The van der Waals surface area contributed by atoms with E-state index < -0.39 is 11.2 Å². The molecule has 3 aromatic rings. The van der Waals surface area contributed by atoms with Gasteiger partial charge in [0.2, 0.25) is 5.91 Å². The molecule has 0 aliphatic rings. The van der Waals surface area contributed by atoms with Crippen molar-refractivity contribution >= 4 is 23.5 Å². The van der Waals surface area contributed by atoms with Crippen LogP contribution in [0.3, 0.4) is 0 Å². The molecule has 9 heteroatoms. The van der Waals surface area contributed by atoms with Crippen molar-refractivity contribution in [2.75, 3.05) is 11.1 Å². The molecule has 0 spiro atoms. The second-order valence-corrected chi connectivity index (χ2v) is 7.11. The highest BCUT2D eigenvalue weighted by Gasteiger charge is 2.12. The number of hydrogen-bond donors (Lipinski definition) is 2. The number of amides is 1. The maximum Gasteiger partial charge on any atom is 0.330 e. The van der Waals surface area contributed by atoms with Crippen LogP contribution in [0, 0.1) is 13.8 Å². The molecule has 0 fully saturated rings. The quantitative estimate of drug-likeness (QED) is 0.484. The molecule has 8 nitrogen and oxygen atoms in total. The van der Waals surface area contributed by atoms with E-state index in [4.69, 9.17) is 0 Å². The first-order chi connectivity index (χ1) is 13.4. The number of benzene rings is 1. The van der Waals surface area contributed by atoms with Gasteiger partial charge in [0.25, 0.3) is 5.56 Å². The minimum absolute atomic E-state index is 0.0508. The average Bonchev–Trinajstić information content (AvgIpc) is 2.63. The number of carbonyl (C=O) groups is 1. The Hall–Kier alpha value is -3.20. The van der Waals surface area contributed by atoms with Crippen molar-refractivity contribution < 1.29 is 4.79 Å². The molecule has 0 radical (unpaired) electrons. The number of nitrogens with one attached hydrogen (secondary N) is 2. The molecule has 28 heavy (non-hydrogen) atoms. The first-order valence-corrected chi connectivity index (χ1v) is 9.52. The number of H-pyrrole nitrogens is 1. The summed E-state index contributed by atoms with van der Waals surface area (Å²) in [4.78, 5) is 47.1. The van der Waals surface area contributed by atoms with Gasteiger partial charge in [-0.15, -0.1) is 0 Å². The smallest absolute Gasteiger partial charge is 0.311 e. The van der Waals surface area contributed by atoms with Crippen LogP contribution in [0.5, 0.6) is 0 Å². The van der Waals surface area contributed by atoms with Gasteiger partial charge in [0, 0.05) is 17.5 Å². The Kier molecular flexibility index (Phi) is 6.05. The van der Waals surface area contributed by atoms with E-state index in [-0.39, 0.29) is 24.0 Å². The summed E-state index contributed by atoms with van der Waals surface area (Å²) < 4.78 is 1.31. The van der Waals surface area contributed by atoms with E-state index in [9.17, 15) is 14.4 Å². The molecule has 0 aliphatic heterocycles. The third-order valence-corrected chi connectivity index (χ3v) is 4.63. The van der Waals surface area contributed by atoms with Crippen LogP contribution in [0.15, 0.2) is 57.2 Å². The summed E-state index contributed by atoms with van der Waals surface area (Å²) in [6.45, 7) is 3.94. The van der Waals surface area contributed by atoms with Crippen molar-refractivity contribution in [3.05, 3.63) is 80.3 Å². The molecule has 2 heterocycles. The fraction of sp³-hybridized carbons (Fsp3) is 0.211. The van der Waals surface area contributed by atoms with Gasteiger partial charge in [-0.1, -0.05) is 42.1 Å². The fourth-order valence-corrected chi connectivity index (χ4v) is 3.36. The highest BCUT2D eigenvalue weighted by atomic mass is 32.2. The van der Waals surface area contributed by atoms with Crippen molar-refractivity contribution in [2.45, 2.75) is 25.5 Å². The maximum absolute atomic E-state index is 12.4. The molecular formula is C19H19N5O3S. The van der Waals surface area contributed by atoms with Crippen LogP contribution in [0.4, 0.5) is 5.82 Å². The number of aromatic amines is 1. The molecule has 144 valence electrons. The van der Waals surface area contributed by atoms with Gasteiger partial charge >= 0.3 is 5.69 Å². The number of nitrogens with zero attached hydrogens (tertiary/aromatic N) is 3. The van der Waals surface area contributed by atoms with E-state index in [1.807, 2.05) is 50.2 Å². The van der Waals surface area contributed by atoms with Gasteiger partial charge < -0.3 is 5.32 Å². The van der Waals surface area contributed by atoms with Crippen molar-refractivity contribution in [2.24, 2.45) is 0 Å². The second kappa shape index (κ2) is 8.66. The first kappa shape index (κ1) is 19.6. The summed E-state index contributed by atoms with van der Waals surface area (Å²) in [6.07, 6.45) is 0. The van der Waals surface area contributed by atoms with E-state index >= 15 is 0 Å². The van der Waals surface area contributed by atoms with Gasteiger partial charge in [0.1, 0.15) is 5.82 Å². The Morgan fingerprint density at radius 3 is 2.46 bits per heavy atom. The van der Waals surface area contributed by atoms with Crippen molar-refractivity contribution in [1.29, 1.82) is 0 Å². The van der Waals surface area contributed by atoms with E-state index in [1.165, 1.54) is 22.4 Å². The van der Waals surface area contributed by atoms with Gasteiger partial charge in [-0.25, -0.2) is 14.8 Å². The highest BCUT2D eigenvalue weighted by Crippen LogP contribution is 2.15. The van der Waals surface area contributed by atoms with Crippen LogP contribution < -0.4 is 16.6 Å². The average molecular weight is 397 g/mol.